The fraction of sp³-hybridized carbons (Fsp3) is 0.611. The number of rotatable bonds is 3. The largest absolute Gasteiger partial charge is 0.375 e. The van der Waals surface area contributed by atoms with Gasteiger partial charge >= 0.3 is 0 Å². The lowest BCUT2D eigenvalue weighted by molar-refractivity contribution is -0.137. The van der Waals surface area contributed by atoms with Crippen LogP contribution in [0.5, 0.6) is 0 Å². The van der Waals surface area contributed by atoms with Gasteiger partial charge in [-0.25, -0.2) is 0 Å². The quantitative estimate of drug-likeness (QED) is 0.765. The van der Waals surface area contributed by atoms with Crippen LogP contribution in [0.3, 0.4) is 0 Å². The highest BCUT2D eigenvalue weighted by Gasteiger charge is 2.44. The molecule has 2 aliphatic rings. The van der Waals surface area contributed by atoms with Gasteiger partial charge < -0.3 is 4.74 Å². The molecule has 0 radical (unpaired) electrons. The second-order valence-corrected chi connectivity index (χ2v) is 6.72. The highest BCUT2D eigenvalue weighted by molar-refractivity contribution is 5.98. The third-order valence-electron chi connectivity index (χ3n) is 4.99. The Morgan fingerprint density at radius 3 is 2.50 bits per heavy atom. The lowest BCUT2D eigenvalue weighted by Gasteiger charge is -2.46. The predicted molar refractivity (Wildman–Crippen MR) is 80.1 cm³/mol. The fourth-order valence-electron chi connectivity index (χ4n) is 3.44. The number of Topliss-reactive ketones (excluding diaryl/α,β-unsaturated/α-hetero) is 1. The van der Waals surface area contributed by atoms with Crippen molar-refractivity contribution in [2.45, 2.75) is 57.5 Å². The molecule has 1 atom stereocenters. The first-order valence-electron chi connectivity index (χ1n) is 7.88. The van der Waals surface area contributed by atoms with Gasteiger partial charge in [-0.3, -0.25) is 4.79 Å². The van der Waals surface area contributed by atoms with E-state index in [0.717, 1.165) is 37.9 Å². The van der Waals surface area contributed by atoms with Gasteiger partial charge in [-0.05, 0) is 43.6 Å². The van der Waals surface area contributed by atoms with Crippen molar-refractivity contribution in [1.82, 2.24) is 0 Å². The summed E-state index contributed by atoms with van der Waals surface area (Å²) in [5.41, 5.74) is 2.22. The normalized spacial score (nSPS) is 24.6. The Morgan fingerprint density at radius 2 is 1.95 bits per heavy atom. The summed E-state index contributed by atoms with van der Waals surface area (Å²) in [4.78, 5) is 12.7. The molecule has 108 valence electrons. The van der Waals surface area contributed by atoms with E-state index in [9.17, 15) is 4.79 Å². The smallest absolute Gasteiger partial charge is 0.166 e. The zero-order chi connectivity index (χ0) is 14.2. The van der Waals surface area contributed by atoms with Crippen LogP contribution in [0.1, 0.15) is 67.8 Å². The van der Waals surface area contributed by atoms with Crippen LogP contribution >= 0.6 is 0 Å². The molecule has 3 rings (SSSR count). The van der Waals surface area contributed by atoms with Gasteiger partial charge in [0.15, 0.2) is 5.78 Å². The lowest BCUT2D eigenvalue weighted by Crippen LogP contribution is -2.47. The van der Waals surface area contributed by atoms with Crippen LogP contribution in [0.4, 0.5) is 0 Å². The molecule has 1 aromatic rings. The number of benzene rings is 1. The topological polar surface area (TPSA) is 26.3 Å². The Hall–Kier alpha value is -1.15. The van der Waals surface area contributed by atoms with Crippen LogP contribution in [0.15, 0.2) is 24.3 Å². The van der Waals surface area contributed by atoms with Gasteiger partial charge in [-0.15, -0.1) is 0 Å². The lowest BCUT2D eigenvalue weighted by atomic mass is 9.70. The molecular weight excluding hydrogens is 248 g/mol. The first-order chi connectivity index (χ1) is 9.60. The van der Waals surface area contributed by atoms with Crippen molar-refractivity contribution in [1.29, 1.82) is 0 Å². The molecule has 1 heterocycles. The first kappa shape index (κ1) is 13.8. The molecule has 1 saturated carbocycles. The van der Waals surface area contributed by atoms with E-state index in [4.69, 9.17) is 4.74 Å². The van der Waals surface area contributed by atoms with Crippen LogP contribution in [0.2, 0.25) is 0 Å². The zero-order valence-corrected chi connectivity index (χ0v) is 12.5. The summed E-state index contributed by atoms with van der Waals surface area (Å²) in [5, 5.41) is 0. The minimum atomic E-state index is 0.0520. The second kappa shape index (κ2) is 5.33. The summed E-state index contributed by atoms with van der Waals surface area (Å²) in [6.45, 7) is 5.10. The average Bonchev–Trinajstić information content (AvgIpc) is 2.45. The van der Waals surface area contributed by atoms with Crippen LogP contribution in [0.25, 0.3) is 0 Å². The third kappa shape index (κ3) is 2.54. The maximum atomic E-state index is 12.7. The van der Waals surface area contributed by atoms with E-state index in [0.29, 0.717) is 11.7 Å². The minimum absolute atomic E-state index is 0.0520. The molecule has 20 heavy (non-hydrogen) atoms. The van der Waals surface area contributed by atoms with Crippen LogP contribution in [0, 0.1) is 5.92 Å². The molecular formula is C18H24O2. The van der Waals surface area contributed by atoms with Crippen LogP contribution in [-0.2, 0) is 4.74 Å². The van der Waals surface area contributed by atoms with Crippen molar-refractivity contribution in [2.75, 3.05) is 6.61 Å². The number of ketones is 1. The van der Waals surface area contributed by atoms with E-state index in [2.05, 4.69) is 26.0 Å². The van der Waals surface area contributed by atoms with Gasteiger partial charge in [0, 0.05) is 18.1 Å². The van der Waals surface area contributed by atoms with Gasteiger partial charge in [0.1, 0.15) is 0 Å². The summed E-state index contributed by atoms with van der Waals surface area (Å²) in [7, 11) is 0. The van der Waals surface area contributed by atoms with E-state index in [-0.39, 0.29) is 11.5 Å². The van der Waals surface area contributed by atoms with Gasteiger partial charge in [0.2, 0.25) is 0 Å². The van der Waals surface area contributed by atoms with Crippen molar-refractivity contribution < 1.29 is 9.53 Å². The SMILES string of the molecule is CC(C)c1ccc(C(=O)C2CCOC3(CCC3)C2)cc1. The van der Waals surface area contributed by atoms with Crippen molar-refractivity contribution >= 4 is 5.78 Å². The Balaban J connectivity index is 1.71. The molecule has 0 amide bonds. The maximum Gasteiger partial charge on any atom is 0.166 e. The molecule has 2 nitrogen and oxygen atoms in total. The second-order valence-electron chi connectivity index (χ2n) is 6.72. The van der Waals surface area contributed by atoms with Gasteiger partial charge in [-0.2, -0.15) is 0 Å². The van der Waals surface area contributed by atoms with Crippen molar-refractivity contribution in [3.05, 3.63) is 35.4 Å². The van der Waals surface area contributed by atoms with E-state index >= 15 is 0 Å². The molecule has 1 aromatic carbocycles. The van der Waals surface area contributed by atoms with Crippen LogP contribution in [-0.4, -0.2) is 18.0 Å². The monoisotopic (exact) mass is 272 g/mol. The standard InChI is InChI=1S/C18H24O2/c1-13(2)14-4-6-15(7-5-14)17(19)16-8-11-20-18(12-16)9-3-10-18/h4-7,13,16H,3,8-12H2,1-2H3. The molecule has 1 saturated heterocycles. The highest BCUT2D eigenvalue weighted by atomic mass is 16.5. The number of carbonyl (C=O) groups excluding carboxylic acids is 1. The summed E-state index contributed by atoms with van der Waals surface area (Å²) in [6, 6.07) is 8.19. The Kier molecular flexibility index (Phi) is 3.68. The molecule has 1 unspecified atom stereocenters. The summed E-state index contributed by atoms with van der Waals surface area (Å²) < 4.78 is 5.92. The molecule has 0 N–H and O–H groups in total. The fourth-order valence-corrected chi connectivity index (χ4v) is 3.44. The zero-order valence-electron chi connectivity index (χ0n) is 12.5. The summed E-state index contributed by atoms with van der Waals surface area (Å²) in [6.07, 6.45) is 5.35. The Morgan fingerprint density at radius 1 is 1.25 bits per heavy atom. The van der Waals surface area contributed by atoms with Crippen molar-refractivity contribution in [3.8, 4) is 0 Å². The van der Waals surface area contributed by atoms with Gasteiger partial charge in [-0.1, -0.05) is 38.1 Å². The highest BCUT2D eigenvalue weighted by Crippen LogP contribution is 2.44. The molecule has 0 bridgehead atoms. The third-order valence-corrected chi connectivity index (χ3v) is 4.99. The summed E-state index contributed by atoms with van der Waals surface area (Å²) >= 11 is 0. The average molecular weight is 272 g/mol. The van der Waals surface area contributed by atoms with Gasteiger partial charge in [0.05, 0.1) is 5.60 Å². The number of hydrogen-bond donors (Lipinski definition) is 0. The van der Waals surface area contributed by atoms with E-state index in [1.807, 2.05) is 12.1 Å². The minimum Gasteiger partial charge on any atom is -0.375 e. The summed E-state index contributed by atoms with van der Waals surface area (Å²) in [5.74, 6) is 0.990. The van der Waals surface area contributed by atoms with E-state index < -0.39 is 0 Å². The molecule has 2 fully saturated rings. The van der Waals surface area contributed by atoms with Crippen LogP contribution < -0.4 is 0 Å². The number of carbonyl (C=O) groups is 1. The predicted octanol–water partition coefficient (Wildman–Crippen LogP) is 4.34. The van der Waals surface area contributed by atoms with Crippen molar-refractivity contribution in [2.24, 2.45) is 5.92 Å². The number of hydrogen-bond acceptors (Lipinski definition) is 2. The molecule has 1 aliphatic carbocycles. The van der Waals surface area contributed by atoms with E-state index in [1.54, 1.807) is 0 Å². The van der Waals surface area contributed by atoms with Crippen molar-refractivity contribution in [3.63, 3.8) is 0 Å². The Labute approximate surface area is 121 Å². The Bertz CT molecular complexity index is 483. The van der Waals surface area contributed by atoms with E-state index in [1.165, 1.54) is 12.0 Å². The molecule has 1 aliphatic heterocycles. The van der Waals surface area contributed by atoms with Gasteiger partial charge in [0.25, 0.3) is 0 Å². The molecule has 2 heteroatoms. The first-order valence-corrected chi connectivity index (χ1v) is 7.88. The molecule has 1 spiro atoms. The number of ether oxygens (including phenoxy) is 1. The molecule has 0 aromatic heterocycles. The maximum absolute atomic E-state index is 12.7.